The summed E-state index contributed by atoms with van der Waals surface area (Å²) in [5.74, 6) is 1.08. The summed E-state index contributed by atoms with van der Waals surface area (Å²) < 4.78 is 12.9. The van der Waals surface area contributed by atoms with E-state index in [0.717, 1.165) is 27.8 Å². The quantitative estimate of drug-likeness (QED) is 0.352. The van der Waals surface area contributed by atoms with Crippen LogP contribution in [0.4, 0.5) is 11.4 Å². The summed E-state index contributed by atoms with van der Waals surface area (Å²) in [6.45, 7) is 8.14. The van der Waals surface area contributed by atoms with Gasteiger partial charge in [0.2, 0.25) is 5.91 Å². The number of nitrogens with two attached hydrogens (primary N) is 1. The first kappa shape index (κ1) is 22.0. The fraction of sp³-hybridized carbons (Fsp3) is 0.207. The van der Waals surface area contributed by atoms with Crippen molar-refractivity contribution in [1.82, 2.24) is 0 Å². The lowest BCUT2D eigenvalue weighted by Crippen LogP contribution is -2.32. The normalized spacial score (nSPS) is 18.9. The van der Waals surface area contributed by atoms with E-state index in [0.29, 0.717) is 35.9 Å². The van der Waals surface area contributed by atoms with Crippen molar-refractivity contribution in [1.29, 1.82) is 0 Å². The molecule has 2 aliphatic rings. The van der Waals surface area contributed by atoms with E-state index in [1.54, 1.807) is 6.08 Å². The molecule has 0 bridgehead atoms. The Morgan fingerprint density at radius 3 is 2.65 bits per heavy atom. The number of fused-ring (bicyclic) bond motifs is 6. The molecule has 172 valence electrons. The zero-order valence-corrected chi connectivity index (χ0v) is 19.4. The maximum Gasteiger partial charge on any atom is 0.227 e. The van der Waals surface area contributed by atoms with Crippen LogP contribution in [0.15, 0.2) is 85.0 Å². The van der Waals surface area contributed by atoms with E-state index in [4.69, 9.17) is 15.2 Å². The van der Waals surface area contributed by atoms with Crippen LogP contribution in [0.1, 0.15) is 42.5 Å². The van der Waals surface area contributed by atoms with Gasteiger partial charge in [-0.3, -0.25) is 4.79 Å². The van der Waals surface area contributed by atoms with Gasteiger partial charge in [-0.2, -0.15) is 0 Å². The van der Waals surface area contributed by atoms with Crippen molar-refractivity contribution >= 4 is 17.3 Å². The number of nitrogen functional groups attached to an aromatic ring is 1. The van der Waals surface area contributed by atoms with Gasteiger partial charge in [-0.05, 0) is 48.7 Å². The number of hydrogen-bond donors (Lipinski definition) is 2. The molecule has 3 aromatic carbocycles. The Balaban J connectivity index is 1.53. The molecule has 0 radical (unpaired) electrons. The summed E-state index contributed by atoms with van der Waals surface area (Å²) in [7, 11) is 0. The monoisotopic (exact) mass is 452 g/mol. The van der Waals surface area contributed by atoms with Crippen LogP contribution in [0.3, 0.4) is 0 Å². The molecule has 5 rings (SSSR count). The second-order valence-corrected chi connectivity index (χ2v) is 9.04. The molecular formula is C29H28N2O3. The van der Waals surface area contributed by atoms with Crippen molar-refractivity contribution in [3.63, 3.8) is 0 Å². The van der Waals surface area contributed by atoms with Crippen molar-refractivity contribution in [2.24, 2.45) is 5.92 Å². The third kappa shape index (κ3) is 3.58. The first-order valence-corrected chi connectivity index (χ1v) is 11.5. The lowest BCUT2D eigenvalue weighted by atomic mass is 9.77. The highest BCUT2D eigenvalue weighted by molar-refractivity contribution is 5.93. The molecule has 2 aliphatic heterocycles. The molecule has 5 nitrogen and oxygen atoms in total. The third-order valence-electron chi connectivity index (χ3n) is 6.55. The lowest BCUT2D eigenvalue weighted by molar-refractivity contribution is -0.119. The summed E-state index contributed by atoms with van der Waals surface area (Å²) >= 11 is 0. The second-order valence-electron chi connectivity index (χ2n) is 9.04. The average molecular weight is 453 g/mol. The van der Waals surface area contributed by atoms with Gasteiger partial charge < -0.3 is 20.5 Å². The summed E-state index contributed by atoms with van der Waals surface area (Å²) in [4.78, 5) is 12.8. The number of nitrogens with one attached hydrogen (secondary N) is 1. The maximum atomic E-state index is 12.8. The Morgan fingerprint density at radius 1 is 1.12 bits per heavy atom. The first-order valence-electron chi connectivity index (χ1n) is 11.5. The average Bonchev–Trinajstić information content (AvgIpc) is 3.19. The molecule has 0 aliphatic carbocycles. The Hall–Kier alpha value is -3.83. The van der Waals surface area contributed by atoms with Gasteiger partial charge in [-0.15, -0.1) is 0 Å². The summed E-state index contributed by atoms with van der Waals surface area (Å²) in [5.41, 5.74) is 11.8. The number of anilines is 2. The van der Waals surface area contributed by atoms with Gasteiger partial charge in [0.15, 0.2) is 5.60 Å². The Kier molecular flexibility index (Phi) is 5.50. The number of rotatable bonds is 5. The molecule has 5 heteroatoms. The van der Waals surface area contributed by atoms with Crippen LogP contribution in [0.25, 0.3) is 0 Å². The molecule has 0 saturated heterocycles. The molecule has 0 aromatic heterocycles. The standard InChI is InChI=1S/C29H28N2O3/c1-4-7-18(2)14-19(3)28(32)31-22-11-13-25-27(16-22)34-26-15-21(30)10-12-24(26)29(25)23-9-6-5-8-20(23)17-33-29/h4-13,15-16,19H,1,14,17,30H2,2-3H3,(H,31,32)/b18-7+/t19-,29?/m0/s1. The Bertz CT molecular complexity index is 1330. The van der Waals surface area contributed by atoms with Crippen molar-refractivity contribution in [2.75, 3.05) is 11.1 Å². The molecule has 2 heterocycles. The number of amides is 1. The minimum absolute atomic E-state index is 0.0469. The summed E-state index contributed by atoms with van der Waals surface area (Å²) in [6, 6.07) is 19.7. The number of ether oxygens (including phenoxy) is 2. The lowest BCUT2D eigenvalue weighted by Gasteiger charge is -2.37. The van der Waals surface area contributed by atoms with E-state index in [-0.39, 0.29) is 11.8 Å². The second kappa shape index (κ2) is 8.50. The van der Waals surface area contributed by atoms with Crippen molar-refractivity contribution in [3.05, 3.63) is 107 Å². The van der Waals surface area contributed by atoms with Crippen molar-refractivity contribution < 1.29 is 14.3 Å². The number of allylic oxidation sites excluding steroid dienone is 3. The van der Waals surface area contributed by atoms with Gasteiger partial charge in [0.05, 0.1) is 6.61 Å². The van der Waals surface area contributed by atoms with E-state index in [1.165, 1.54) is 0 Å². The SMILES string of the molecule is C=C/C=C(\C)C[C@H](C)C(=O)Nc1ccc2c(c1)Oc1cc(N)ccc1C21OCc2ccccc21. The number of hydrogen-bond acceptors (Lipinski definition) is 4. The fourth-order valence-electron chi connectivity index (χ4n) is 4.96. The predicted molar refractivity (Wildman–Crippen MR) is 135 cm³/mol. The topological polar surface area (TPSA) is 73.6 Å². The smallest absolute Gasteiger partial charge is 0.227 e. The number of benzene rings is 3. The molecular weight excluding hydrogens is 424 g/mol. The molecule has 2 atom stereocenters. The molecule has 3 aromatic rings. The molecule has 1 spiro atoms. The first-order chi connectivity index (χ1) is 16.4. The highest BCUT2D eigenvalue weighted by Crippen LogP contribution is 2.56. The summed E-state index contributed by atoms with van der Waals surface area (Å²) in [6.07, 6.45) is 4.34. The van der Waals surface area contributed by atoms with Gasteiger partial charge in [0.1, 0.15) is 11.5 Å². The van der Waals surface area contributed by atoms with E-state index in [9.17, 15) is 4.79 Å². The van der Waals surface area contributed by atoms with Crippen LogP contribution in [-0.2, 0) is 21.7 Å². The zero-order chi connectivity index (χ0) is 23.9. The van der Waals surface area contributed by atoms with E-state index in [1.807, 2.05) is 68.5 Å². The van der Waals surface area contributed by atoms with Crippen LogP contribution in [0, 0.1) is 5.92 Å². The number of carbonyl (C=O) groups excluding carboxylic acids is 1. The third-order valence-corrected chi connectivity index (χ3v) is 6.55. The summed E-state index contributed by atoms with van der Waals surface area (Å²) in [5, 5.41) is 3.04. The molecule has 1 amide bonds. The Morgan fingerprint density at radius 2 is 1.85 bits per heavy atom. The van der Waals surface area contributed by atoms with Gasteiger partial charge in [0.25, 0.3) is 0 Å². The fourth-order valence-corrected chi connectivity index (χ4v) is 4.96. The van der Waals surface area contributed by atoms with E-state index in [2.05, 4.69) is 24.0 Å². The predicted octanol–water partition coefficient (Wildman–Crippen LogP) is 6.29. The number of carbonyl (C=O) groups is 1. The molecule has 3 N–H and O–H groups in total. The van der Waals surface area contributed by atoms with Crippen LogP contribution in [0.5, 0.6) is 11.5 Å². The van der Waals surface area contributed by atoms with Crippen LogP contribution in [0.2, 0.25) is 0 Å². The van der Waals surface area contributed by atoms with Crippen LogP contribution >= 0.6 is 0 Å². The van der Waals surface area contributed by atoms with Crippen molar-refractivity contribution in [2.45, 2.75) is 32.5 Å². The minimum Gasteiger partial charge on any atom is -0.456 e. The molecule has 34 heavy (non-hydrogen) atoms. The van der Waals surface area contributed by atoms with Gasteiger partial charge >= 0.3 is 0 Å². The minimum atomic E-state index is -0.782. The Labute approximate surface area is 199 Å². The van der Waals surface area contributed by atoms with E-state index >= 15 is 0 Å². The van der Waals surface area contributed by atoms with Gasteiger partial charge in [0, 0.05) is 40.6 Å². The van der Waals surface area contributed by atoms with Gasteiger partial charge in [-0.1, -0.05) is 55.5 Å². The maximum absolute atomic E-state index is 12.8. The largest absolute Gasteiger partial charge is 0.456 e. The van der Waals surface area contributed by atoms with Crippen LogP contribution < -0.4 is 15.8 Å². The molecule has 1 unspecified atom stereocenters. The molecule has 0 saturated carbocycles. The molecule has 0 fully saturated rings. The van der Waals surface area contributed by atoms with Crippen LogP contribution in [-0.4, -0.2) is 5.91 Å². The highest BCUT2D eigenvalue weighted by atomic mass is 16.5. The zero-order valence-electron chi connectivity index (χ0n) is 19.4. The van der Waals surface area contributed by atoms with Crippen molar-refractivity contribution in [3.8, 4) is 11.5 Å². The highest BCUT2D eigenvalue weighted by Gasteiger charge is 2.49. The van der Waals surface area contributed by atoms with Gasteiger partial charge in [-0.25, -0.2) is 0 Å². The van der Waals surface area contributed by atoms with E-state index < -0.39 is 5.60 Å².